The summed E-state index contributed by atoms with van der Waals surface area (Å²) in [7, 11) is 0. The summed E-state index contributed by atoms with van der Waals surface area (Å²) in [5, 5.41) is 4.56. The van der Waals surface area contributed by atoms with Gasteiger partial charge in [0.2, 0.25) is 0 Å². The Morgan fingerprint density at radius 2 is 2.22 bits per heavy atom. The fraction of sp³-hybridized carbons (Fsp3) is 0.400. The van der Waals surface area contributed by atoms with Crippen molar-refractivity contribution in [2.24, 2.45) is 0 Å². The van der Waals surface area contributed by atoms with Crippen molar-refractivity contribution in [1.29, 1.82) is 0 Å². The van der Waals surface area contributed by atoms with Gasteiger partial charge in [0.25, 0.3) is 5.56 Å². The van der Waals surface area contributed by atoms with Gasteiger partial charge in [-0.05, 0) is 55.8 Å². The number of hydrogen-bond acceptors (Lipinski definition) is 2. The van der Waals surface area contributed by atoms with E-state index >= 15 is 0 Å². The van der Waals surface area contributed by atoms with Crippen molar-refractivity contribution in [2.75, 3.05) is 6.54 Å². The van der Waals surface area contributed by atoms with E-state index in [1.165, 1.54) is 18.4 Å². The van der Waals surface area contributed by atoms with Crippen LogP contribution < -0.4 is 10.9 Å². The third-order valence-corrected chi connectivity index (χ3v) is 3.71. The maximum atomic E-state index is 12.0. The lowest BCUT2D eigenvalue weighted by atomic mass is 10.0. The van der Waals surface area contributed by atoms with Gasteiger partial charge in [0.15, 0.2) is 0 Å². The second kappa shape index (κ2) is 4.58. The molecule has 2 heterocycles. The largest absolute Gasteiger partial charge is 0.322 e. The Morgan fingerprint density at radius 1 is 1.33 bits per heavy atom. The first-order chi connectivity index (χ1) is 8.72. The van der Waals surface area contributed by atoms with Crippen LogP contribution in [0.2, 0.25) is 0 Å². The minimum Gasteiger partial charge on any atom is -0.322 e. The van der Waals surface area contributed by atoms with Crippen LogP contribution in [0.3, 0.4) is 0 Å². The maximum Gasteiger partial charge on any atom is 0.251 e. The molecule has 0 radical (unpaired) electrons. The second-order valence-electron chi connectivity index (χ2n) is 5.21. The van der Waals surface area contributed by atoms with E-state index in [9.17, 15) is 4.79 Å². The summed E-state index contributed by atoms with van der Waals surface area (Å²) in [4.78, 5) is 15.0. The van der Waals surface area contributed by atoms with Gasteiger partial charge in [0, 0.05) is 17.1 Å². The average Bonchev–Trinajstić information content (AvgIpc) is 2.83. The standard InChI is InChI=1S/C15H18N2O/c1-10-4-5-11-8-12(9-13-3-2-6-16-13)15(18)17-14(11)7-10/h4-5,7-8,13,16H,2-3,6,9H2,1H3,(H,17,18). The third-order valence-electron chi connectivity index (χ3n) is 3.71. The minimum absolute atomic E-state index is 0.0572. The molecule has 1 aromatic heterocycles. The van der Waals surface area contributed by atoms with Crippen molar-refractivity contribution in [3.63, 3.8) is 0 Å². The quantitative estimate of drug-likeness (QED) is 0.847. The van der Waals surface area contributed by atoms with E-state index in [-0.39, 0.29) is 5.56 Å². The minimum atomic E-state index is 0.0572. The summed E-state index contributed by atoms with van der Waals surface area (Å²) in [5.74, 6) is 0. The van der Waals surface area contributed by atoms with E-state index in [0.29, 0.717) is 6.04 Å². The number of nitrogens with one attached hydrogen (secondary N) is 2. The summed E-state index contributed by atoms with van der Waals surface area (Å²) in [6.45, 7) is 3.11. The molecule has 0 aliphatic carbocycles. The smallest absolute Gasteiger partial charge is 0.251 e. The molecule has 1 fully saturated rings. The number of hydrogen-bond donors (Lipinski definition) is 2. The normalized spacial score (nSPS) is 19.5. The highest BCUT2D eigenvalue weighted by molar-refractivity contribution is 5.79. The molecule has 94 valence electrons. The van der Waals surface area contributed by atoms with Gasteiger partial charge in [-0.25, -0.2) is 0 Å². The molecule has 0 saturated carbocycles. The molecular weight excluding hydrogens is 224 g/mol. The molecule has 2 N–H and O–H groups in total. The van der Waals surface area contributed by atoms with E-state index in [1.54, 1.807) is 0 Å². The third kappa shape index (κ3) is 2.18. The van der Waals surface area contributed by atoms with E-state index < -0.39 is 0 Å². The second-order valence-corrected chi connectivity index (χ2v) is 5.21. The van der Waals surface area contributed by atoms with Crippen LogP contribution in [0, 0.1) is 6.92 Å². The van der Waals surface area contributed by atoms with Gasteiger partial charge in [-0.15, -0.1) is 0 Å². The van der Waals surface area contributed by atoms with Gasteiger partial charge in [-0.3, -0.25) is 4.79 Å². The lowest BCUT2D eigenvalue weighted by Crippen LogP contribution is -2.27. The van der Waals surface area contributed by atoms with Crippen LogP contribution in [0.5, 0.6) is 0 Å². The number of benzene rings is 1. The maximum absolute atomic E-state index is 12.0. The molecule has 3 heteroatoms. The average molecular weight is 242 g/mol. The Hall–Kier alpha value is -1.61. The molecule has 0 bridgehead atoms. The predicted octanol–water partition coefficient (Wildman–Crippen LogP) is 2.13. The topological polar surface area (TPSA) is 44.9 Å². The van der Waals surface area contributed by atoms with E-state index in [1.807, 2.05) is 19.1 Å². The number of aryl methyl sites for hydroxylation is 1. The molecular formula is C15H18N2O. The Bertz CT molecular complexity index is 624. The van der Waals surface area contributed by atoms with Crippen LogP contribution >= 0.6 is 0 Å². The number of pyridine rings is 1. The first-order valence-electron chi connectivity index (χ1n) is 6.58. The summed E-state index contributed by atoms with van der Waals surface area (Å²) in [5.41, 5.74) is 3.05. The number of aromatic amines is 1. The molecule has 0 amide bonds. The monoisotopic (exact) mass is 242 g/mol. The molecule has 18 heavy (non-hydrogen) atoms. The zero-order valence-corrected chi connectivity index (χ0v) is 10.6. The summed E-state index contributed by atoms with van der Waals surface area (Å²) in [6, 6.07) is 8.68. The van der Waals surface area contributed by atoms with Crippen molar-refractivity contribution in [1.82, 2.24) is 10.3 Å². The first-order valence-corrected chi connectivity index (χ1v) is 6.58. The number of rotatable bonds is 2. The molecule has 1 aliphatic rings. The molecule has 0 spiro atoms. The molecule has 3 nitrogen and oxygen atoms in total. The highest BCUT2D eigenvalue weighted by atomic mass is 16.1. The van der Waals surface area contributed by atoms with Gasteiger partial charge in [-0.2, -0.15) is 0 Å². The van der Waals surface area contributed by atoms with Crippen molar-refractivity contribution in [3.8, 4) is 0 Å². The van der Waals surface area contributed by atoms with Crippen molar-refractivity contribution in [2.45, 2.75) is 32.2 Å². The predicted molar refractivity (Wildman–Crippen MR) is 74.0 cm³/mol. The lowest BCUT2D eigenvalue weighted by molar-refractivity contribution is 0.600. The zero-order chi connectivity index (χ0) is 12.5. The van der Waals surface area contributed by atoms with Gasteiger partial charge in [-0.1, -0.05) is 12.1 Å². The Kier molecular flexibility index (Phi) is 2.92. The number of fused-ring (bicyclic) bond motifs is 1. The highest BCUT2D eigenvalue weighted by Gasteiger charge is 2.16. The van der Waals surface area contributed by atoms with Gasteiger partial charge < -0.3 is 10.3 Å². The Balaban J connectivity index is 1.99. The van der Waals surface area contributed by atoms with E-state index in [2.05, 4.69) is 22.4 Å². The van der Waals surface area contributed by atoms with Crippen LogP contribution in [0.4, 0.5) is 0 Å². The van der Waals surface area contributed by atoms with Crippen LogP contribution in [0.25, 0.3) is 10.9 Å². The molecule has 1 atom stereocenters. The fourth-order valence-electron chi connectivity index (χ4n) is 2.71. The van der Waals surface area contributed by atoms with E-state index in [4.69, 9.17) is 0 Å². The van der Waals surface area contributed by atoms with Crippen LogP contribution in [-0.4, -0.2) is 17.6 Å². The lowest BCUT2D eigenvalue weighted by Gasteiger charge is -2.10. The first kappa shape index (κ1) is 11.5. The molecule has 1 aromatic carbocycles. The number of aromatic nitrogens is 1. The van der Waals surface area contributed by atoms with Crippen LogP contribution in [0.15, 0.2) is 29.1 Å². The highest BCUT2D eigenvalue weighted by Crippen LogP contribution is 2.15. The van der Waals surface area contributed by atoms with Crippen molar-refractivity contribution in [3.05, 3.63) is 45.7 Å². The van der Waals surface area contributed by atoms with Crippen molar-refractivity contribution >= 4 is 10.9 Å². The van der Waals surface area contributed by atoms with Crippen LogP contribution in [0.1, 0.15) is 24.0 Å². The summed E-state index contributed by atoms with van der Waals surface area (Å²) >= 11 is 0. The van der Waals surface area contributed by atoms with Crippen LogP contribution in [-0.2, 0) is 6.42 Å². The Morgan fingerprint density at radius 3 is 3.00 bits per heavy atom. The molecule has 3 rings (SSSR count). The fourth-order valence-corrected chi connectivity index (χ4v) is 2.71. The summed E-state index contributed by atoms with van der Waals surface area (Å²) in [6.07, 6.45) is 3.22. The molecule has 2 aromatic rings. The van der Waals surface area contributed by atoms with Gasteiger partial charge in [0.1, 0.15) is 0 Å². The van der Waals surface area contributed by atoms with Gasteiger partial charge >= 0.3 is 0 Å². The zero-order valence-electron chi connectivity index (χ0n) is 10.6. The number of H-pyrrole nitrogens is 1. The van der Waals surface area contributed by atoms with E-state index in [0.717, 1.165) is 29.4 Å². The molecule has 1 aliphatic heterocycles. The summed E-state index contributed by atoms with van der Waals surface area (Å²) < 4.78 is 0. The SMILES string of the molecule is Cc1ccc2cc(CC3CCCN3)c(=O)[nH]c2c1. The molecule has 1 unspecified atom stereocenters. The Labute approximate surface area is 106 Å². The van der Waals surface area contributed by atoms with Gasteiger partial charge in [0.05, 0.1) is 0 Å². The van der Waals surface area contributed by atoms with Crippen molar-refractivity contribution < 1.29 is 0 Å². The molecule has 1 saturated heterocycles.